The molecule has 1 aromatic carbocycles. The van der Waals surface area contributed by atoms with Crippen molar-refractivity contribution in [2.24, 2.45) is 7.05 Å². The number of hydrogen-bond acceptors (Lipinski definition) is 4. The van der Waals surface area contributed by atoms with Gasteiger partial charge in [-0.2, -0.15) is 5.10 Å². The first-order chi connectivity index (χ1) is 9.50. The molecule has 0 spiro atoms. The summed E-state index contributed by atoms with van der Waals surface area (Å²) in [7, 11) is 1.55. The molecule has 1 aromatic heterocycles. The van der Waals surface area contributed by atoms with Crippen molar-refractivity contribution in [1.29, 1.82) is 0 Å². The van der Waals surface area contributed by atoms with Gasteiger partial charge in [-0.15, -0.1) is 0 Å². The summed E-state index contributed by atoms with van der Waals surface area (Å²) in [5.41, 5.74) is -0.106. The van der Waals surface area contributed by atoms with Crippen molar-refractivity contribution in [2.75, 3.05) is 11.4 Å². The third-order valence-electron chi connectivity index (χ3n) is 3.47. The van der Waals surface area contributed by atoms with Crippen LogP contribution in [0.2, 0.25) is 0 Å². The molecule has 0 saturated carbocycles. The van der Waals surface area contributed by atoms with Crippen LogP contribution in [0, 0.1) is 15.9 Å². The SMILES string of the molecule is Cn1ncc2c(N3CCCC3=O)c([N+](=O)[O-])cc(F)c21. The van der Waals surface area contributed by atoms with Crippen molar-refractivity contribution in [3.05, 3.63) is 28.2 Å². The zero-order chi connectivity index (χ0) is 14.4. The van der Waals surface area contributed by atoms with Gasteiger partial charge in [0, 0.05) is 20.0 Å². The van der Waals surface area contributed by atoms with Gasteiger partial charge in [-0.05, 0) is 6.42 Å². The molecule has 0 atom stereocenters. The molecule has 0 aliphatic carbocycles. The number of aryl methyl sites for hydroxylation is 1. The lowest BCUT2D eigenvalue weighted by Crippen LogP contribution is -2.25. The van der Waals surface area contributed by atoms with Crippen LogP contribution in [0.25, 0.3) is 10.9 Å². The lowest BCUT2D eigenvalue weighted by molar-refractivity contribution is -0.384. The lowest BCUT2D eigenvalue weighted by Gasteiger charge is -2.17. The minimum absolute atomic E-state index is 0.141. The van der Waals surface area contributed by atoms with Gasteiger partial charge in [0.05, 0.1) is 22.6 Å². The second-order valence-corrected chi connectivity index (χ2v) is 4.66. The fourth-order valence-corrected chi connectivity index (χ4v) is 2.60. The van der Waals surface area contributed by atoms with Crippen LogP contribution in [0.3, 0.4) is 0 Å². The summed E-state index contributed by atoms with van der Waals surface area (Å²) in [5.74, 6) is -0.910. The van der Waals surface area contributed by atoms with Gasteiger partial charge in [0.25, 0.3) is 5.69 Å². The molecule has 1 aliphatic heterocycles. The summed E-state index contributed by atoms with van der Waals surface area (Å²) < 4.78 is 15.3. The van der Waals surface area contributed by atoms with Crippen LogP contribution in [0.1, 0.15) is 12.8 Å². The van der Waals surface area contributed by atoms with E-state index < -0.39 is 16.4 Å². The summed E-state index contributed by atoms with van der Waals surface area (Å²) in [6.07, 6.45) is 2.33. The Balaban J connectivity index is 2.37. The Labute approximate surface area is 112 Å². The van der Waals surface area contributed by atoms with Crippen molar-refractivity contribution >= 4 is 28.2 Å². The first kappa shape index (κ1) is 12.5. The van der Waals surface area contributed by atoms with Crippen molar-refractivity contribution in [1.82, 2.24) is 9.78 Å². The number of nitrogens with zero attached hydrogens (tertiary/aromatic N) is 4. The molecule has 2 heterocycles. The number of carbonyl (C=O) groups is 1. The number of rotatable bonds is 2. The smallest absolute Gasteiger partial charge is 0.296 e. The van der Waals surface area contributed by atoms with Gasteiger partial charge >= 0.3 is 0 Å². The maximum Gasteiger partial charge on any atom is 0.296 e. The van der Waals surface area contributed by atoms with Gasteiger partial charge in [-0.3, -0.25) is 19.6 Å². The number of anilines is 1. The van der Waals surface area contributed by atoms with E-state index in [1.807, 2.05) is 0 Å². The number of amides is 1. The van der Waals surface area contributed by atoms with E-state index in [9.17, 15) is 19.3 Å². The van der Waals surface area contributed by atoms with E-state index in [1.54, 1.807) is 7.05 Å². The second-order valence-electron chi connectivity index (χ2n) is 4.66. The van der Waals surface area contributed by atoms with Crippen LogP contribution < -0.4 is 4.90 Å². The van der Waals surface area contributed by atoms with Crippen LogP contribution in [0.4, 0.5) is 15.8 Å². The average Bonchev–Trinajstić information content (AvgIpc) is 2.96. The van der Waals surface area contributed by atoms with Gasteiger partial charge in [-0.25, -0.2) is 4.39 Å². The van der Waals surface area contributed by atoms with Crippen LogP contribution in [-0.2, 0) is 11.8 Å². The summed E-state index contributed by atoms with van der Waals surface area (Å²) in [6, 6.07) is 0.852. The van der Waals surface area contributed by atoms with Gasteiger partial charge in [0.1, 0.15) is 11.2 Å². The summed E-state index contributed by atoms with van der Waals surface area (Å²) in [4.78, 5) is 23.7. The number of fused-ring (bicyclic) bond motifs is 1. The number of nitro benzene ring substituents is 1. The zero-order valence-corrected chi connectivity index (χ0v) is 10.7. The normalized spacial score (nSPS) is 15.3. The Morgan fingerprint density at radius 2 is 2.25 bits per heavy atom. The molecule has 8 heteroatoms. The fourth-order valence-electron chi connectivity index (χ4n) is 2.60. The first-order valence-corrected chi connectivity index (χ1v) is 6.09. The lowest BCUT2D eigenvalue weighted by atomic mass is 10.1. The minimum Gasteiger partial charge on any atom is -0.306 e. The highest BCUT2D eigenvalue weighted by Crippen LogP contribution is 2.39. The van der Waals surface area contributed by atoms with E-state index in [0.717, 1.165) is 6.07 Å². The molecular weight excluding hydrogens is 267 g/mol. The molecule has 0 unspecified atom stereocenters. The molecule has 2 aromatic rings. The highest BCUT2D eigenvalue weighted by molar-refractivity contribution is 6.07. The van der Waals surface area contributed by atoms with Crippen LogP contribution in [0.15, 0.2) is 12.3 Å². The molecule has 104 valence electrons. The number of benzene rings is 1. The second kappa shape index (κ2) is 4.26. The average molecular weight is 278 g/mol. The van der Waals surface area contributed by atoms with Gasteiger partial charge in [0.2, 0.25) is 5.91 Å². The predicted octanol–water partition coefficient (Wildman–Crippen LogP) is 1.75. The summed E-state index contributed by atoms with van der Waals surface area (Å²) in [5, 5.41) is 15.4. The molecule has 0 N–H and O–H groups in total. The maximum absolute atomic E-state index is 14.0. The minimum atomic E-state index is -0.720. The van der Waals surface area contributed by atoms with E-state index in [-0.39, 0.29) is 22.5 Å². The third-order valence-corrected chi connectivity index (χ3v) is 3.47. The van der Waals surface area contributed by atoms with Crippen molar-refractivity contribution < 1.29 is 14.1 Å². The number of nitro groups is 1. The molecule has 1 fully saturated rings. The highest BCUT2D eigenvalue weighted by Gasteiger charge is 2.32. The van der Waals surface area contributed by atoms with E-state index >= 15 is 0 Å². The predicted molar refractivity (Wildman–Crippen MR) is 68.9 cm³/mol. The maximum atomic E-state index is 14.0. The molecule has 1 saturated heterocycles. The van der Waals surface area contributed by atoms with Gasteiger partial charge in [0.15, 0.2) is 5.82 Å². The topological polar surface area (TPSA) is 81.3 Å². The monoisotopic (exact) mass is 278 g/mol. The molecule has 20 heavy (non-hydrogen) atoms. The summed E-state index contributed by atoms with van der Waals surface area (Å²) in [6.45, 7) is 0.398. The summed E-state index contributed by atoms with van der Waals surface area (Å²) >= 11 is 0. The molecule has 0 bridgehead atoms. The molecule has 0 radical (unpaired) electrons. The van der Waals surface area contributed by atoms with Crippen molar-refractivity contribution in [2.45, 2.75) is 12.8 Å². The van der Waals surface area contributed by atoms with Gasteiger partial charge < -0.3 is 4.90 Å². The number of hydrogen-bond donors (Lipinski definition) is 0. The van der Waals surface area contributed by atoms with Crippen LogP contribution in [0.5, 0.6) is 0 Å². The van der Waals surface area contributed by atoms with Crippen molar-refractivity contribution in [3.63, 3.8) is 0 Å². The Morgan fingerprint density at radius 3 is 2.85 bits per heavy atom. The number of carbonyl (C=O) groups excluding carboxylic acids is 1. The molecule has 1 amide bonds. The molecular formula is C12H11FN4O3. The van der Waals surface area contributed by atoms with Crippen LogP contribution >= 0.6 is 0 Å². The van der Waals surface area contributed by atoms with E-state index in [2.05, 4.69) is 5.10 Å². The highest BCUT2D eigenvalue weighted by atomic mass is 19.1. The molecule has 7 nitrogen and oxygen atoms in total. The molecule has 1 aliphatic rings. The first-order valence-electron chi connectivity index (χ1n) is 6.09. The Morgan fingerprint density at radius 1 is 1.50 bits per heavy atom. The van der Waals surface area contributed by atoms with E-state index in [4.69, 9.17) is 0 Å². The third kappa shape index (κ3) is 1.64. The van der Waals surface area contributed by atoms with E-state index in [1.165, 1.54) is 15.8 Å². The Hall–Kier alpha value is -2.51. The Kier molecular flexibility index (Phi) is 2.66. The number of aromatic nitrogens is 2. The van der Waals surface area contributed by atoms with Crippen LogP contribution in [-0.4, -0.2) is 27.2 Å². The van der Waals surface area contributed by atoms with E-state index in [0.29, 0.717) is 19.4 Å². The largest absolute Gasteiger partial charge is 0.306 e. The zero-order valence-electron chi connectivity index (χ0n) is 10.7. The quantitative estimate of drug-likeness (QED) is 0.619. The standard InChI is InChI=1S/C12H11FN4O3/c1-15-11-7(6-14-15)12(16-4-2-3-10(16)18)9(17(19)20)5-8(11)13/h5-6H,2-4H2,1H3. The van der Waals surface area contributed by atoms with Crippen molar-refractivity contribution in [3.8, 4) is 0 Å². The fraction of sp³-hybridized carbons (Fsp3) is 0.333. The molecule has 3 rings (SSSR count). The Bertz CT molecular complexity index is 740. The number of halogens is 1. The van der Waals surface area contributed by atoms with Gasteiger partial charge in [-0.1, -0.05) is 0 Å².